The van der Waals surface area contributed by atoms with Crippen molar-refractivity contribution in [2.75, 3.05) is 37.9 Å². The summed E-state index contributed by atoms with van der Waals surface area (Å²) in [6.45, 7) is 4.36. The van der Waals surface area contributed by atoms with Gasteiger partial charge < -0.3 is 19.4 Å². The van der Waals surface area contributed by atoms with Gasteiger partial charge in [0.15, 0.2) is 11.5 Å². The van der Waals surface area contributed by atoms with Gasteiger partial charge >= 0.3 is 0 Å². The first-order chi connectivity index (χ1) is 16.7. The van der Waals surface area contributed by atoms with Crippen molar-refractivity contribution in [2.45, 2.75) is 6.54 Å². The fraction of sp³-hybridized carbons (Fsp3) is 0.222. The van der Waals surface area contributed by atoms with Crippen molar-refractivity contribution in [3.63, 3.8) is 0 Å². The highest BCUT2D eigenvalue weighted by molar-refractivity contribution is 6.31. The molecular weight excluding hydrogens is 450 g/mol. The Kier molecular flexibility index (Phi) is 5.40. The molecule has 34 heavy (non-hydrogen) atoms. The molecule has 0 bridgehead atoms. The Morgan fingerprint density at radius 1 is 0.882 bits per heavy atom. The summed E-state index contributed by atoms with van der Waals surface area (Å²) in [6, 6.07) is 21.8. The molecule has 6 rings (SSSR count). The van der Waals surface area contributed by atoms with Gasteiger partial charge in [-0.15, -0.1) is 0 Å². The third-order valence-electron chi connectivity index (χ3n) is 6.55. The Morgan fingerprint density at radius 3 is 2.50 bits per heavy atom. The first kappa shape index (κ1) is 21.1. The maximum Gasteiger partial charge on any atom is 0.272 e. The first-order valence-electron chi connectivity index (χ1n) is 11.4. The summed E-state index contributed by atoms with van der Waals surface area (Å²) >= 11 is 6.36. The van der Waals surface area contributed by atoms with Crippen LogP contribution in [0.5, 0.6) is 11.5 Å². The van der Waals surface area contributed by atoms with E-state index >= 15 is 0 Å². The molecule has 1 saturated heterocycles. The zero-order valence-electron chi connectivity index (χ0n) is 18.6. The number of hydrogen-bond acceptors (Lipinski definition) is 5. The van der Waals surface area contributed by atoms with Crippen LogP contribution >= 0.6 is 11.6 Å². The summed E-state index contributed by atoms with van der Waals surface area (Å²) in [5, 5.41) is 1.60. The van der Waals surface area contributed by atoms with E-state index in [0.717, 1.165) is 66.3 Å². The Balaban J connectivity index is 1.30. The lowest BCUT2D eigenvalue weighted by molar-refractivity contribution is 0.174. The van der Waals surface area contributed by atoms with E-state index in [0.29, 0.717) is 10.7 Å². The van der Waals surface area contributed by atoms with Gasteiger partial charge in [0.2, 0.25) is 6.79 Å². The molecule has 2 aliphatic heterocycles. The molecule has 0 saturated carbocycles. The van der Waals surface area contributed by atoms with Crippen molar-refractivity contribution < 1.29 is 9.47 Å². The van der Waals surface area contributed by atoms with E-state index in [4.69, 9.17) is 21.1 Å². The van der Waals surface area contributed by atoms with Crippen LogP contribution in [0.25, 0.3) is 22.0 Å². The van der Waals surface area contributed by atoms with E-state index in [1.54, 1.807) is 0 Å². The fourth-order valence-electron chi connectivity index (χ4n) is 4.88. The zero-order chi connectivity index (χ0) is 23.1. The van der Waals surface area contributed by atoms with Crippen LogP contribution in [0, 0.1) is 0 Å². The van der Waals surface area contributed by atoms with Gasteiger partial charge in [-0.3, -0.25) is 9.69 Å². The number of aromatic nitrogens is 1. The molecular formula is C27H24ClN3O3. The van der Waals surface area contributed by atoms with Crippen molar-refractivity contribution in [2.24, 2.45) is 0 Å². The second-order valence-corrected chi connectivity index (χ2v) is 9.12. The number of nitrogens with one attached hydrogen (secondary N) is 1. The Hall–Kier alpha value is -3.48. The van der Waals surface area contributed by atoms with Crippen molar-refractivity contribution in [3.05, 3.63) is 87.7 Å². The largest absolute Gasteiger partial charge is 0.454 e. The van der Waals surface area contributed by atoms with E-state index in [9.17, 15) is 4.79 Å². The first-order valence-corrected chi connectivity index (χ1v) is 11.8. The van der Waals surface area contributed by atoms with Gasteiger partial charge in [-0.05, 0) is 41.5 Å². The summed E-state index contributed by atoms with van der Waals surface area (Å²) in [6.07, 6.45) is 0. The van der Waals surface area contributed by atoms with Crippen LogP contribution in [0.4, 0.5) is 5.69 Å². The average Bonchev–Trinajstić information content (AvgIpc) is 3.33. The molecule has 7 heteroatoms. The SMILES string of the molecule is O=c1[nH]c2ccc(Cl)cc2c(-c2ccccc2)c1N1CCN(Cc2ccc3c(c2)OCO3)CC1. The van der Waals surface area contributed by atoms with E-state index in [1.165, 1.54) is 5.56 Å². The smallest absolute Gasteiger partial charge is 0.272 e. The maximum absolute atomic E-state index is 13.3. The van der Waals surface area contributed by atoms with E-state index in [1.807, 2.05) is 42.5 Å². The summed E-state index contributed by atoms with van der Waals surface area (Å²) < 4.78 is 10.9. The number of rotatable bonds is 4. The minimum Gasteiger partial charge on any atom is -0.454 e. The lowest BCUT2D eigenvalue weighted by atomic mass is 9.98. The van der Waals surface area contributed by atoms with Gasteiger partial charge in [0, 0.05) is 54.2 Å². The van der Waals surface area contributed by atoms with Crippen LogP contribution in [-0.2, 0) is 6.54 Å². The van der Waals surface area contributed by atoms with Gasteiger partial charge in [-0.25, -0.2) is 0 Å². The molecule has 0 unspecified atom stereocenters. The van der Waals surface area contributed by atoms with Crippen LogP contribution in [0.3, 0.4) is 0 Å². The van der Waals surface area contributed by atoms with E-state index < -0.39 is 0 Å². The molecule has 0 aliphatic carbocycles. The topological polar surface area (TPSA) is 57.8 Å². The molecule has 0 spiro atoms. The third kappa shape index (κ3) is 3.89. The van der Waals surface area contributed by atoms with Gasteiger partial charge in [-0.1, -0.05) is 48.0 Å². The maximum atomic E-state index is 13.3. The fourth-order valence-corrected chi connectivity index (χ4v) is 5.05. The number of halogens is 1. The van der Waals surface area contributed by atoms with Crippen LogP contribution in [-0.4, -0.2) is 42.9 Å². The minimum atomic E-state index is -0.0714. The summed E-state index contributed by atoms with van der Waals surface area (Å²) in [4.78, 5) is 21.0. The standard InChI is InChI=1S/C27H24ClN3O3/c28-20-7-8-22-21(15-20)25(19-4-2-1-3-5-19)26(27(32)29-22)31-12-10-30(11-13-31)16-18-6-9-23-24(14-18)34-17-33-23/h1-9,14-15H,10-13,16-17H2,(H,29,32). The van der Waals surface area contributed by atoms with Gasteiger partial charge in [-0.2, -0.15) is 0 Å². The van der Waals surface area contributed by atoms with Crippen LogP contribution in [0.2, 0.25) is 5.02 Å². The Morgan fingerprint density at radius 2 is 1.68 bits per heavy atom. The molecule has 172 valence electrons. The quantitative estimate of drug-likeness (QED) is 0.457. The molecule has 2 aliphatic rings. The summed E-state index contributed by atoms with van der Waals surface area (Å²) in [5.41, 5.74) is 4.57. The molecule has 0 amide bonds. The number of aromatic amines is 1. The normalized spacial score (nSPS) is 15.7. The monoisotopic (exact) mass is 473 g/mol. The third-order valence-corrected chi connectivity index (χ3v) is 6.78. The van der Waals surface area contributed by atoms with E-state index in [2.05, 4.69) is 39.0 Å². The highest BCUT2D eigenvalue weighted by Gasteiger charge is 2.25. The van der Waals surface area contributed by atoms with Crippen LogP contribution in [0.1, 0.15) is 5.56 Å². The molecule has 0 radical (unpaired) electrons. The molecule has 3 aromatic carbocycles. The van der Waals surface area contributed by atoms with Crippen molar-refractivity contribution >= 4 is 28.2 Å². The molecule has 6 nitrogen and oxygen atoms in total. The Labute approximate surface area is 202 Å². The predicted octanol–water partition coefficient (Wildman–Crippen LogP) is 4.90. The number of ether oxygens (including phenoxy) is 2. The number of nitrogens with zero attached hydrogens (tertiary/aromatic N) is 2. The van der Waals surface area contributed by atoms with Crippen LogP contribution in [0.15, 0.2) is 71.5 Å². The lowest BCUT2D eigenvalue weighted by Crippen LogP contribution is -2.47. The van der Waals surface area contributed by atoms with Gasteiger partial charge in [0.05, 0.1) is 0 Å². The number of piperazine rings is 1. The minimum absolute atomic E-state index is 0.0714. The second-order valence-electron chi connectivity index (χ2n) is 8.68. The summed E-state index contributed by atoms with van der Waals surface area (Å²) in [7, 11) is 0. The van der Waals surface area contributed by atoms with Crippen LogP contribution < -0.4 is 19.9 Å². The predicted molar refractivity (Wildman–Crippen MR) is 135 cm³/mol. The number of benzene rings is 3. The van der Waals surface area contributed by atoms with Gasteiger partial charge in [0.1, 0.15) is 5.69 Å². The molecule has 0 atom stereocenters. The van der Waals surface area contributed by atoms with Crippen molar-refractivity contribution in [3.8, 4) is 22.6 Å². The molecule has 1 aromatic heterocycles. The molecule has 4 aromatic rings. The molecule has 1 N–H and O–H groups in total. The number of hydrogen-bond donors (Lipinski definition) is 1. The Bertz CT molecular complexity index is 1410. The van der Waals surface area contributed by atoms with E-state index in [-0.39, 0.29) is 12.4 Å². The highest BCUT2D eigenvalue weighted by atomic mass is 35.5. The number of H-pyrrole nitrogens is 1. The molecule has 3 heterocycles. The number of anilines is 1. The number of fused-ring (bicyclic) bond motifs is 2. The number of pyridine rings is 1. The summed E-state index contributed by atoms with van der Waals surface area (Å²) in [5.74, 6) is 1.61. The second kappa shape index (κ2) is 8.70. The van der Waals surface area contributed by atoms with Crippen molar-refractivity contribution in [1.29, 1.82) is 0 Å². The zero-order valence-corrected chi connectivity index (χ0v) is 19.3. The lowest BCUT2D eigenvalue weighted by Gasteiger charge is -2.36. The average molecular weight is 474 g/mol. The van der Waals surface area contributed by atoms with Crippen molar-refractivity contribution in [1.82, 2.24) is 9.88 Å². The molecule has 1 fully saturated rings. The highest BCUT2D eigenvalue weighted by Crippen LogP contribution is 2.36. The van der Waals surface area contributed by atoms with Gasteiger partial charge in [0.25, 0.3) is 5.56 Å².